The van der Waals surface area contributed by atoms with Crippen molar-refractivity contribution in [2.75, 3.05) is 0 Å². The van der Waals surface area contributed by atoms with Crippen molar-refractivity contribution in [3.8, 4) is 83.8 Å². The van der Waals surface area contributed by atoms with Gasteiger partial charge in [0.1, 0.15) is 0 Å². The lowest BCUT2D eigenvalue weighted by Crippen LogP contribution is -2.14. The first kappa shape index (κ1) is 43.9. The van der Waals surface area contributed by atoms with Crippen LogP contribution in [0.2, 0.25) is 0 Å². The van der Waals surface area contributed by atoms with Crippen LogP contribution in [0.5, 0.6) is 0 Å². The quantitative estimate of drug-likeness (QED) is 0.146. The van der Waals surface area contributed by atoms with E-state index < -0.39 is 0 Å². The highest BCUT2D eigenvalue weighted by Gasteiger charge is 2.35. The second-order valence-corrected chi connectivity index (χ2v) is 21.1. The van der Waals surface area contributed by atoms with Crippen LogP contribution in [0.25, 0.3) is 138 Å². The lowest BCUT2D eigenvalue weighted by atomic mass is 9.82. The summed E-state index contributed by atoms with van der Waals surface area (Å²) in [6.45, 7) is 4.70. The van der Waals surface area contributed by atoms with Gasteiger partial charge in [0, 0.05) is 27.3 Å². The highest BCUT2D eigenvalue weighted by Crippen LogP contribution is 2.50. The molecule has 1 aliphatic carbocycles. The number of fused-ring (bicyclic) bond motifs is 12. The fourth-order valence-electron chi connectivity index (χ4n) is 12.5. The third kappa shape index (κ3) is 7.06. The van der Waals surface area contributed by atoms with Crippen LogP contribution in [0.3, 0.4) is 0 Å². The standard InChI is InChI=1S/C74H50N2/c1-74(2)68-25-15-14-24-61(68)65-41-56(35-38-69(65)74)55-34-37-60-62(40-55)58-22-12-13-23-59(58)64-46-73-67(45-63(60)64)66-42-54(49-20-10-5-11-21-49)36-39-72(66)76(73)57-43-70(52-30-26-50(27-31-52)47-16-6-3-7-17-47)75-71(44-57)53-32-28-51(29-33-53)48-18-8-4-9-19-48/h3-46H,1-2H3. The van der Waals surface area contributed by atoms with Crippen LogP contribution >= 0.6 is 0 Å². The minimum absolute atomic E-state index is 0.0363. The third-order valence-electron chi connectivity index (χ3n) is 16.4. The van der Waals surface area contributed by atoms with Gasteiger partial charge in [-0.25, -0.2) is 4.98 Å². The predicted molar refractivity (Wildman–Crippen MR) is 321 cm³/mol. The predicted octanol–water partition coefficient (Wildman–Crippen LogP) is 19.9. The third-order valence-corrected chi connectivity index (χ3v) is 16.4. The SMILES string of the molecule is CC1(C)c2ccccc2-c2cc(-c3ccc4c(c3)c3ccccc3c3cc5c(cc43)c3cc(-c4ccccc4)ccc3n5-c3cc(-c4ccc(-c5ccccc5)cc4)nc(-c4ccc(-c5ccccc5)cc4)c3)ccc21. The summed E-state index contributed by atoms with van der Waals surface area (Å²) in [4.78, 5) is 5.48. The minimum Gasteiger partial charge on any atom is -0.309 e. The Morgan fingerprint density at radius 2 is 0.671 bits per heavy atom. The van der Waals surface area contributed by atoms with Gasteiger partial charge in [-0.05, 0) is 148 Å². The highest BCUT2D eigenvalue weighted by molar-refractivity contribution is 6.29. The van der Waals surface area contributed by atoms with Gasteiger partial charge in [-0.15, -0.1) is 0 Å². The topological polar surface area (TPSA) is 17.8 Å². The monoisotopic (exact) mass is 966 g/mol. The second kappa shape index (κ2) is 17.2. The smallest absolute Gasteiger partial charge is 0.0730 e. The van der Waals surface area contributed by atoms with Gasteiger partial charge in [0.25, 0.3) is 0 Å². The molecule has 76 heavy (non-hydrogen) atoms. The van der Waals surface area contributed by atoms with Crippen LogP contribution in [0, 0.1) is 0 Å². The molecular weight excluding hydrogens is 917 g/mol. The normalized spacial score (nSPS) is 12.7. The van der Waals surface area contributed by atoms with Crippen molar-refractivity contribution in [2.24, 2.45) is 0 Å². The van der Waals surface area contributed by atoms with Crippen molar-refractivity contribution in [1.29, 1.82) is 0 Å². The lowest BCUT2D eigenvalue weighted by molar-refractivity contribution is 0.660. The molecule has 2 aromatic heterocycles. The van der Waals surface area contributed by atoms with E-state index in [4.69, 9.17) is 4.98 Å². The van der Waals surface area contributed by atoms with E-state index in [1.807, 2.05) is 0 Å². The maximum Gasteiger partial charge on any atom is 0.0730 e. The molecule has 0 saturated heterocycles. The molecule has 14 aromatic rings. The second-order valence-electron chi connectivity index (χ2n) is 21.1. The largest absolute Gasteiger partial charge is 0.309 e. The molecule has 0 unspecified atom stereocenters. The van der Waals surface area contributed by atoms with Crippen molar-refractivity contribution in [3.63, 3.8) is 0 Å². The van der Waals surface area contributed by atoms with E-state index in [-0.39, 0.29) is 5.41 Å². The van der Waals surface area contributed by atoms with Gasteiger partial charge in [0.2, 0.25) is 0 Å². The average molecular weight is 967 g/mol. The van der Waals surface area contributed by atoms with Crippen molar-refractivity contribution in [3.05, 3.63) is 278 Å². The first-order valence-corrected chi connectivity index (χ1v) is 26.4. The van der Waals surface area contributed by atoms with E-state index in [0.29, 0.717) is 0 Å². The highest BCUT2D eigenvalue weighted by atomic mass is 15.0. The van der Waals surface area contributed by atoms with Gasteiger partial charge in [0.15, 0.2) is 0 Å². The van der Waals surface area contributed by atoms with Crippen molar-refractivity contribution < 1.29 is 0 Å². The molecule has 0 amide bonds. The van der Waals surface area contributed by atoms with Gasteiger partial charge in [-0.3, -0.25) is 0 Å². The van der Waals surface area contributed by atoms with Gasteiger partial charge in [-0.2, -0.15) is 0 Å². The molecule has 1 aliphatic rings. The molecule has 0 fully saturated rings. The zero-order valence-corrected chi connectivity index (χ0v) is 42.3. The number of nitrogens with zero attached hydrogens (tertiary/aromatic N) is 2. The molecule has 0 spiro atoms. The van der Waals surface area contributed by atoms with E-state index in [1.54, 1.807) is 0 Å². The van der Waals surface area contributed by atoms with Gasteiger partial charge < -0.3 is 4.57 Å². The number of hydrogen-bond acceptors (Lipinski definition) is 1. The summed E-state index contributed by atoms with van der Waals surface area (Å²) in [6, 6.07) is 98.4. The molecule has 15 rings (SSSR count). The molecule has 0 N–H and O–H groups in total. The van der Waals surface area contributed by atoms with Crippen LogP contribution in [0.15, 0.2) is 267 Å². The fourth-order valence-corrected chi connectivity index (χ4v) is 12.5. The fraction of sp³-hybridized carbons (Fsp3) is 0.0405. The van der Waals surface area contributed by atoms with Crippen molar-refractivity contribution >= 4 is 54.1 Å². The summed E-state index contributed by atoms with van der Waals surface area (Å²) in [5, 5.41) is 9.89. The molecule has 2 nitrogen and oxygen atoms in total. The molecule has 0 atom stereocenters. The Morgan fingerprint density at radius 3 is 1.30 bits per heavy atom. The first-order valence-electron chi connectivity index (χ1n) is 26.4. The summed E-state index contributed by atoms with van der Waals surface area (Å²) in [6.07, 6.45) is 0. The number of rotatable bonds is 7. The zero-order chi connectivity index (χ0) is 50.5. The van der Waals surface area contributed by atoms with Crippen LogP contribution < -0.4 is 0 Å². The van der Waals surface area contributed by atoms with Gasteiger partial charge >= 0.3 is 0 Å². The van der Waals surface area contributed by atoms with Crippen molar-refractivity contribution in [2.45, 2.75) is 19.3 Å². The van der Waals surface area contributed by atoms with E-state index >= 15 is 0 Å². The molecule has 2 heterocycles. The van der Waals surface area contributed by atoms with E-state index in [0.717, 1.165) is 39.2 Å². The summed E-state index contributed by atoms with van der Waals surface area (Å²) < 4.78 is 2.49. The number of hydrogen-bond donors (Lipinski definition) is 0. The van der Waals surface area contributed by atoms with Gasteiger partial charge in [-0.1, -0.05) is 232 Å². The number of aromatic nitrogens is 2. The lowest BCUT2D eigenvalue weighted by Gasteiger charge is -2.21. The molecule has 0 radical (unpaired) electrons. The van der Waals surface area contributed by atoms with Crippen molar-refractivity contribution in [1.82, 2.24) is 9.55 Å². The maximum absolute atomic E-state index is 5.48. The molecular formula is C74H50N2. The molecule has 2 heteroatoms. The molecule has 356 valence electrons. The first-order chi connectivity index (χ1) is 37.4. The van der Waals surface area contributed by atoms with Gasteiger partial charge in [0.05, 0.1) is 28.1 Å². The molecule has 0 saturated carbocycles. The Balaban J connectivity index is 0.959. The molecule has 0 bridgehead atoms. The zero-order valence-electron chi connectivity index (χ0n) is 42.3. The Hall–Kier alpha value is -9.63. The van der Waals surface area contributed by atoms with Crippen LogP contribution in [-0.2, 0) is 5.41 Å². The Labute approximate surface area is 442 Å². The van der Waals surface area contributed by atoms with E-state index in [9.17, 15) is 0 Å². The Bertz CT molecular complexity index is 4500. The minimum atomic E-state index is -0.0363. The summed E-state index contributed by atoms with van der Waals surface area (Å²) >= 11 is 0. The van der Waals surface area contributed by atoms with E-state index in [1.165, 1.54) is 110 Å². The maximum atomic E-state index is 5.48. The Kier molecular flexibility index (Phi) is 9.96. The molecule has 12 aromatic carbocycles. The average Bonchev–Trinajstić information content (AvgIpc) is 4.06. The number of benzene rings is 12. The Morgan fingerprint density at radius 1 is 0.263 bits per heavy atom. The molecule has 0 aliphatic heterocycles. The summed E-state index contributed by atoms with van der Waals surface area (Å²) in [5.74, 6) is 0. The van der Waals surface area contributed by atoms with Crippen LogP contribution in [0.1, 0.15) is 25.0 Å². The number of pyridine rings is 1. The van der Waals surface area contributed by atoms with Crippen LogP contribution in [-0.4, -0.2) is 9.55 Å². The summed E-state index contributed by atoms with van der Waals surface area (Å²) in [5.41, 5.74) is 22.3. The van der Waals surface area contributed by atoms with Crippen LogP contribution in [0.4, 0.5) is 0 Å². The summed E-state index contributed by atoms with van der Waals surface area (Å²) in [7, 11) is 0. The van der Waals surface area contributed by atoms with E-state index in [2.05, 4.69) is 285 Å².